The molecular formula is C32H32O12. The number of ketones is 1. The van der Waals surface area contributed by atoms with Crippen LogP contribution in [0.25, 0.3) is 6.08 Å². The lowest BCUT2D eigenvalue weighted by atomic mass is 9.99. The number of carbonyl (C=O) groups excluding carboxylic acids is 3. The zero-order chi connectivity index (χ0) is 31.8. The molecule has 0 unspecified atom stereocenters. The second-order valence-corrected chi connectivity index (χ2v) is 10.1. The van der Waals surface area contributed by atoms with E-state index in [0.717, 1.165) is 29.3 Å². The Morgan fingerprint density at radius 2 is 1.57 bits per heavy atom. The van der Waals surface area contributed by atoms with E-state index in [1.807, 2.05) is 6.07 Å². The molecule has 4 rings (SSSR count). The first-order chi connectivity index (χ1) is 21.0. The van der Waals surface area contributed by atoms with Crippen molar-refractivity contribution in [2.75, 3.05) is 6.61 Å². The third-order valence-electron chi connectivity index (χ3n) is 6.73. The Bertz CT molecular complexity index is 1460. The van der Waals surface area contributed by atoms with Gasteiger partial charge in [0, 0.05) is 12.5 Å². The molecule has 5 atom stereocenters. The highest BCUT2D eigenvalue weighted by molar-refractivity contribution is 5.91. The van der Waals surface area contributed by atoms with Crippen LogP contribution in [0.15, 0.2) is 72.8 Å². The maximum atomic E-state index is 12.7. The average molecular weight is 609 g/mol. The molecule has 3 aromatic carbocycles. The fraction of sp³-hybridized carbons (Fsp3) is 0.281. The lowest BCUT2D eigenvalue weighted by Crippen LogP contribution is -2.61. The maximum Gasteiger partial charge on any atom is 0.338 e. The van der Waals surface area contributed by atoms with Crippen LogP contribution in [0.4, 0.5) is 0 Å². The van der Waals surface area contributed by atoms with Gasteiger partial charge in [-0.15, -0.1) is 0 Å². The first-order valence-corrected chi connectivity index (χ1v) is 13.6. The predicted octanol–water partition coefficient (Wildman–Crippen LogP) is 2.63. The molecule has 0 radical (unpaired) electrons. The minimum absolute atomic E-state index is 0.0465. The van der Waals surface area contributed by atoms with Crippen molar-refractivity contribution in [1.82, 2.24) is 0 Å². The summed E-state index contributed by atoms with van der Waals surface area (Å²) in [6.45, 7) is 0.887. The van der Waals surface area contributed by atoms with Crippen LogP contribution in [0.2, 0.25) is 0 Å². The average Bonchev–Trinajstić information content (AvgIpc) is 3.01. The van der Waals surface area contributed by atoms with Crippen LogP contribution in [-0.2, 0) is 30.2 Å². The van der Waals surface area contributed by atoms with Crippen molar-refractivity contribution in [3.8, 4) is 23.0 Å². The van der Waals surface area contributed by atoms with Crippen LogP contribution in [0.5, 0.6) is 23.0 Å². The summed E-state index contributed by atoms with van der Waals surface area (Å²) < 4.78 is 22.3. The standard InChI is InChI=1S/C32H32O12/c1-18(33)7-8-20-9-12-22(13-10-20)42-32-30(44-26(36)14-11-19-5-3-2-4-6-19)29(39)28(38)25(43-32)17-41-31(40)21-15-23(34)27(37)24(35)16-21/h2-6,9-16,25,28-30,32,34-35,37-39H,7-8,17H2,1H3/t25-,28-,29+,30-,32-/m1/s1. The summed E-state index contributed by atoms with van der Waals surface area (Å²) in [5.41, 5.74) is 1.29. The molecule has 0 amide bonds. The number of hydrogen-bond acceptors (Lipinski definition) is 12. The van der Waals surface area contributed by atoms with Crippen molar-refractivity contribution in [3.63, 3.8) is 0 Å². The number of phenols is 3. The molecule has 5 N–H and O–H groups in total. The normalized spacial score (nSPS) is 21.5. The number of phenolic OH excluding ortho intramolecular Hbond substituents is 3. The molecule has 1 aliphatic heterocycles. The van der Waals surface area contributed by atoms with Crippen LogP contribution in [0, 0.1) is 0 Å². The predicted molar refractivity (Wildman–Crippen MR) is 154 cm³/mol. The zero-order valence-corrected chi connectivity index (χ0v) is 23.6. The van der Waals surface area contributed by atoms with E-state index in [1.165, 1.54) is 13.0 Å². The van der Waals surface area contributed by atoms with Gasteiger partial charge in [0.15, 0.2) is 23.4 Å². The van der Waals surface area contributed by atoms with E-state index in [9.17, 15) is 39.9 Å². The molecule has 12 heteroatoms. The molecule has 12 nitrogen and oxygen atoms in total. The largest absolute Gasteiger partial charge is 0.504 e. The number of aryl methyl sites for hydroxylation is 1. The van der Waals surface area contributed by atoms with E-state index in [4.69, 9.17) is 18.9 Å². The van der Waals surface area contributed by atoms with Gasteiger partial charge in [-0.1, -0.05) is 42.5 Å². The third-order valence-corrected chi connectivity index (χ3v) is 6.73. The molecule has 0 aliphatic carbocycles. The molecule has 44 heavy (non-hydrogen) atoms. The number of aromatic hydroxyl groups is 3. The molecule has 0 spiro atoms. The number of Topliss-reactive ketones (excluding diaryl/α,β-unsaturated/α-hetero) is 1. The van der Waals surface area contributed by atoms with E-state index in [-0.39, 0.29) is 17.1 Å². The maximum absolute atomic E-state index is 12.7. The highest BCUT2D eigenvalue weighted by Crippen LogP contribution is 2.35. The van der Waals surface area contributed by atoms with E-state index < -0.39 is 66.5 Å². The Balaban J connectivity index is 1.49. The number of hydrogen-bond donors (Lipinski definition) is 5. The molecule has 232 valence electrons. The number of esters is 2. The number of rotatable bonds is 11. The van der Waals surface area contributed by atoms with Crippen LogP contribution in [0.1, 0.15) is 34.8 Å². The number of aliphatic hydroxyl groups is 2. The number of aliphatic hydroxyl groups excluding tert-OH is 2. The van der Waals surface area contributed by atoms with Crippen molar-refractivity contribution < 1.29 is 58.9 Å². The molecule has 0 saturated carbocycles. The molecule has 1 fully saturated rings. The van der Waals surface area contributed by atoms with Gasteiger partial charge in [-0.05, 0) is 54.8 Å². The van der Waals surface area contributed by atoms with Crippen molar-refractivity contribution in [2.24, 2.45) is 0 Å². The summed E-state index contributed by atoms with van der Waals surface area (Å²) in [6, 6.07) is 17.3. The van der Waals surface area contributed by atoms with Crippen LogP contribution >= 0.6 is 0 Å². The highest BCUT2D eigenvalue weighted by atomic mass is 16.7. The lowest BCUT2D eigenvalue weighted by Gasteiger charge is -2.41. The summed E-state index contributed by atoms with van der Waals surface area (Å²) in [4.78, 5) is 36.5. The monoisotopic (exact) mass is 608 g/mol. The van der Waals surface area contributed by atoms with Crippen LogP contribution in [-0.4, -0.2) is 80.6 Å². The summed E-state index contributed by atoms with van der Waals surface area (Å²) in [6.07, 6.45) is -4.21. The topological polar surface area (TPSA) is 189 Å². The Morgan fingerprint density at radius 1 is 0.909 bits per heavy atom. The number of ether oxygens (including phenoxy) is 4. The van der Waals surface area contributed by atoms with Gasteiger partial charge in [0.25, 0.3) is 0 Å². The molecule has 0 aromatic heterocycles. The first-order valence-electron chi connectivity index (χ1n) is 13.6. The Labute approximate surface area is 252 Å². The molecule has 3 aromatic rings. The lowest BCUT2D eigenvalue weighted by molar-refractivity contribution is -0.281. The summed E-state index contributed by atoms with van der Waals surface area (Å²) >= 11 is 0. The number of benzene rings is 3. The zero-order valence-electron chi connectivity index (χ0n) is 23.6. The van der Waals surface area contributed by atoms with Crippen molar-refractivity contribution in [3.05, 3.63) is 89.5 Å². The second-order valence-electron chi connectivity index (χ2n) is 10.1. The van der Waals surface area contributed by atoms with E-state index in [0.29, 0.717) is 12.8 Å². The molecule has 0 bridgehead atoms. The Kier molecular flexibility index (Phi) is 10.6. The van der Waals surface area contributed by atoms with Gasteiger partial charge >= 0.3 is 11.9 Å². The van der Waals surface area contributed by atoms with Gasteiger partial charge in [-0.25, -0.2) is 9.59 Å². The van der Waals surface area contributed by atoms with Gasteiger partial charge in [0.05, 0.1) is 5.56 Å². The molecule has 1 aliphatic rings. The second kappa shape index (κ2) is 14.5. The molecule has 1 heterocycles. The quantitative estimate of drug-likeness (QED) is 0.122. The smallest absolute Gasteiger partial charge is 0.338 e. The van der Waals surface area contributed by atoms with Crippen LogP contribution < -0.4 is 4.74 Å². The summed E-state index contributed by atoms with van der Waals surface area (Å²) in [5, 5.41) is 50.6. The van der Waals surface area contributed by atoms with E-state index in [1.54, 1.807) is 48.5 Å². The SMILES string of the molecule is CC(=O)CCc1ccc(O[C@@H]2O[C@H](COC(=O)c3cc(O)c(O)c(O)c3)[C@@H](O)[C@H](O)[C@H]2OC(=O)C=Cc2ccccc2)cc1. The van der Waals surface area contributed by atoms with Gasteiger partial charge in [-0.2, -0.15) is 0 Å². The highest BCUT2D eigenvalue weighted by Gasteiger charge is 2.48. The van der Waals surface area contributed by atoms with Crippen molar-refractivity contribution >= 4 is 23.8 Å². The summed E-state index contributed by atoms with van der Waals surface area (Å²) in [5.74, 6) is -3.91. The molecular weight excluding hydrogens is 576 g/mol. The summed E-state index contributed by atoms with van der Waals surface area (Å²) in [7, 11) is 0. The fourth-order valence-electron chi connectivity index (χ4n) is 4.32. The minimum Gasteiger partial charge on any atom is -0.504 e. The molecule has 1 saturated heterocycles. The minimum atomic E-state index is -1.73. The fourth-order valence-corrected chi connectivity index (χ4v) is 4.32. The first kappa shape index (κ1) is 32.0. The van der Waals surface area contributed by atoms with E-state index in [2.05, 4.69) is 0 Å². The van der Waals surface area contributed by atoms with Gasteiger partial charge in [0.2, 0.25) is 6.29 Å². The van der Waals surface area contributed by atoms with Gasteiger partial charge < -0.3 is 49.3 Å². The number of carbonyl (C=O) groups is 3. The van der Waals surface area contributed by atoms with Gasteiger partial charge in [0.1, 0.15) is 36.5 Å². The van der Waals surface area contributed by atoms with Crippen LogP contribution in [0.3, 0.4) is 0 Å². The van der Waals surface area contributed by atoms with Crippen molar-refractivity contribution in [1.29, 1.82) is 0 Å². The third kappa shape index (κ3) is 8.34. The Hall–Kier alpha value is -4.91. The Morgan fingerprint density at radius 3 is 2.20 bits per heavy atom. The van der Waals surface area contributed by atoms with E-state index >= 15 is 0 Å². The van der Waals surface area contributed by atoms with Crippen molar-refractivity contribution in [2.45, 2.75) is 50.5 Å². The van der Waals surface area contributed by atoms with Gasteiger partial charge in [-0.3, -0.25) is 0 Å².